The number of nitrogens with one attached hydrogen (secondary N) is 1. The second-order valence-corrected chi connectivity index (χ2v) is 11.4. The number of benzene rings is 2. The number of hydrogen-bond donors (Lipinski definition) is 2. The van der Waals surface area contributed by atoms with E-state index in [-0.39, 0.29) is 31.1 Å². The highest BCUT2D eigenvalue weighted by atomic mass is 35.5. The molecule has 4 aromatic rings. The van der Waals surface area contributed by atoms with E-state index in [2.05, 4.69) is 15.4 Å². The third-order valence-electron chi connectivity index (χ3n) is 5.99. The first-order valence-electron chi connectivity index (χ1n) is 13.4. The maximum Gasteiger partial charge on any atom is 0.220 e. The van der Waals surface area contributed by atoms with Crippen LogP contribution in [0.2, 0.25) is 10.0 Å². The van der Waals surface area contributed by atoms with Crippen molar-refractivity contribution in [2.24, 2.45) is 0 Å². The van der Waals surface area contributed by atoms with Crippen molar-refractivity contribution in [1.82, 2.24) is 20.1 Å². The molecule has 0 aliphatic heterocycles. The Bertz CT molecular complexity index is 1440. The fraction of sp³-hybridized carbons (Fsp3) is 0.323. The summed E-state index contributed by atoms with van der Waals surface area (Å²) < 4.78 is 13.5. The van der Waals surface area contributed by atoms with Crippen LogP contribution >= 0.6 is 23.2 Å². The maximum absolute atomic E-state index is 12.6. The third kappa shape index (κ3) is 8.95. The topological polar surface area (TPSA) is 98.5 Å². The number of halogens is 2. The molecule has 0 fully saturated rings. The van der Waals surface area contributed by atoms with E-state index in [0.29, 0.717) is 40.1 Å². The molecule has 2 heterocycles. The lowest BCUT2D eigenvalue weighted by molar-refractivity contribution is -0.122. The van der Waals surface area contributed by atoms with Crippen LogP contribution in [0.5, 0.6) is 11.6 Å². The molecule has 0 saturated heterocycles. The van der Waals surface area contributed by atoms with Crippen LogP contribution in [-0.4, -0.2) is 50.6 Å². The third-order valence-corrected chi connectivity index (χ3v) is 6.73. The Morgan fingerprint density at radius 3 is 2.51 bits per heavy atom. The van der Waals surface area contributed by atoms with Crippen LogP contribution in [0.15, 0.2) is 73.1 Å². The molecule has 0 unspecified atom stereocenters. The van der Waals surface area contributed by atoms with Crippen molar-refractivity contribution in [3.05, 3.63) is 88.7 Å². The van der Waals surface area contributed by atoms with Crippen LogP contribution in [0.1, 0.15) is 39.2 Å². The summed E-state index contributed by atoms with van der Waals surface area (Å²) in [5.74, 6) is 1.11. The summed E-state index contributed by atoms with van der Waals surface area (Å²) >= 11 is 12.3. The molecule has 0 aliphatic carbocycles. The van der Waals surface area contributed by atoms with Gasteiger partial charge >= 0.3 is 0 Å². The molecule has 2 N–H and O–H groups in total. The van der Waals surface area contributed by atoms with Gasteiger partial charge in [0.15, 0.2) is 0 Å². The molecule has 2 aromatic carbocycles. The largest absolute Gasteiger partial charge is 0.488 e. The number of ether oxygens (including phenoxy) is 2. The summed E-state index contributed by atoms with van der Waals surface area (Å²) in [5, 5.41) is 18.3. The zero-order valence-electron chi connectivity index (χ0n) is 23.3. The van der Waals surface area contributed by atoms with Gasteiger partial charge in [-0.05, 0) is 81.6 Å². The number of carbonyl (C=O) groups is 1. The van der Waals surface area contributed by atoms with Crippen molar-refractivity contribution >= 4 is 29.1 Å². The van der Waals surface area contributed by atoms with E-state index in [0.717, 1.165) is 16.9 Å². The standard InChI is InChI=1S/C31H34Cl2N4O4/c1-31(2,3)41-25-11-8-21(9-12-25)16-23(20-38)35-29(39)7-5-15-40-30-18-28(22-6-4-14-34-19-22)36-37(30)24-10-13-26(32)27(33)17-24/h4,6,8-14,17-19,23,38H,5,7,15-16,20H2,1-3H3,(H,35,39)/t23-/m0/s1. The molecule has 1 atom stereocenters. The maximum atomic E-state index is 12.6. The number of aromatic nitrogens is 3. The minimum atomic E-state index is -0.393. The van der Waals surface area contributed by atoms with Crippen molar-refractivity contribution in [2.45, 2.75) is 51.7 Å². The van der Waals surface area contributed by atoms with E-state index >= 15 is 0 Å². The highest BCUT2D eigenvalue weighted by Gasteiger charge is 2.16. The first kappa shape index (κ1) is 30.4. The Labute approximate surface area is 250 Å². The van der Waals surface area contributed by atoms with Crippen LogP contribution in [-0.2, 0) is 11.2 Å². The molecular weight excluding hydrogens is 563 g/mol. The van der Waals surface area contributed by atoms with E-state index in [4.69, 9.17) is 32.7 Å². The van der Waals surface area contributed by atoms with E-state index in [1.807, 2.05) is 63.2 Å². The van der Waals surface area contributed by atoms with Crippen molar-refractivity contribution in [1.29, 1.82) is 0 Å². The predicted octanol–water partition coefficient (Wildman–Crippen LogP) is 6.30. The number of aliphatic hydroxyl groups is 1. The molecular formula is C31H34Cl2N4O4. The average Bonchev–Trinajstić information content (AvgIpc) is 3.37. The molecule has 2 aromatic heterocycles. The number of rotatable bonds is 12. The lowest BCUT2D eigenvalue weighted by Gasteiger charge is -2.21. The number of carbonyl (C=O) groups excluding carboxylic acids is 1. The predicted molar refractivity (Wildman–Crippen MR) is 161 cm³/mol. The zero-order valence-corrected chi connectivity index (χ0v) is 24.8. The van der Waals surface area contributed by atoms with Gasteiger partial charge < -0.3 is 19.9 Å². The number of hydrogen-bond acceptors (Lipinski definition) is 6. The van der Waals surface area contributed by atoms with Gasteiger partial charge in [0.25, 0.3) is 0 Å². The summed E-state index contributed by atoms with van der Waals surface area (Å²) in [7, 11) is 0. The molecule has 0 radical (unpaired) electrons. The van der Waals surface area contributed by atoms with E-state index in [9.17, 15) is 9.90 Å². The summed E-state index contributed by atoms with van der Waals surface area (Å²) in [6.45, 7) is 6.10. The van der Waals surface area contributed by atoms with Gasteiger partial charge in [0.1, 0.15) is 11.4 Å². The number of aliphatic hydroxyl groups excluding tert-OH is 1. The van der Waals surface area contributed by atoms with Crippen LogP contribution < -0.4 is 14.8 Å². The Hall–Kier alpha value is -3.59. The fourth-order valence-electron chi connectivity index (χ4n) is 4.13. The van der Waals surface area contributed by atoms with Crippen LogP contribution in [0.3, 0.4) is 0 Å². The molecule has 4 rings (SSSR count). The number of amides is 1. The van der Waals surface area contributed by atoms with Gasteiger partial charge in [-0.3, -0.25) is 9.78 Å². The Morgan fingerprint density at radius 1 is 1.07 bits per heavy atom. The molecule has 41 heavy (non-hydrogen) atoms. The summed E-state index contributed by atoms with van der Waals surface area (Å²) in [4.78, 5) is 16.8. The number of pyridine rings is 1. The normalized spacial score (nSPS) is 12.1. The molecule has 0 bridgehead atoms. The van der Waals surface area contributed by atoms with E-state index in [1.54, 1.807) is 35.3 Å². The summed E-state index contributed by atoms with van der Waals surface area (Å²) in [6.07, 6.45) is 4.64. The average molecular weight is 598 g/mol. The number of nitrogens with zero attached hydrogens (tertiary/aromatic N) is 3. The van der Waals surface area contributed by atoms with Crippen molar-refractivity contribution in [2.75, 3.05) is 13.2 Å². The minimum Gasteiger partial charge on any atom is -0.488 e. The highest BCUT2D eigenvalue weighted by molar-refractivity contribution is 6.42. The van der Waals surface area contributed by atoms with E-state index in [1.165, 1.54) is 0 Å². The quantitative estimate of drug-likeness (QED) is 0.186. The van der Waals surface area contributed by atoms with Gasteiger partial charge in [-0.2, -0.15) is 5.10 Å². The smallest absolute Gasteiger partial charge is 0.220 e. The fourth-order valence-corrected chi connectivity index (χ4v) is 4.42. The summed E-state index contributed by atoms with van der Waals surface area (Å²) in [6, 6.07) is 18.1. The lowest BCUT2D eigenvalue weighted by atomic mass is 10.1. The van der Waals surface area contributed by atoms with Gasteiger partial charge in [-0.1, -0.05) is 35.3 Å². The Morgan fingerprint density at radius 2 is 1.85 bits per heavy atom. The van der Waals surface area contributed by atoms with Gasteiger partial charge in [-0.15, -0.1) is 0 Å². The lowest BCUT2D eigenvalue weighted by Crippen LogP contribution is -2.39. The molecule has 8 nitrogen and oxygen atoms in total. The monoisotopic (exact) mass is 596 g/mol. The van der Waals surface area contributed by atoms with Gasteiger partial charge in [-0.25, -0.2) is 4.68 Å². The minimum absolute atomic E-state index is 0.158. The molecule has 0 aliphatic rings. The molecule has 10 heteroatoms. The molecule has 0 spiro atoms. The van der Waals surface area contributed by atoms with Crippen LogP contribution in [0.25, 0.3) is 16.9 Å². The Balaban J connectivity index is 1.33. The summed E-state index contributed by atoms with van der Waals surface area (Å²) in [5.41, 5.74) is 2.92. The van der Waals surface area contributed by atoms with Crippen LogP contribution in [0, 0.1) is 0 Å². The van der Waals surface area contributed by atoms with Gasteiger partial charge in [0.2, 0.25) is 11.8 Å². The SMILES string of the molecule is CC(C)(C)Oc1ccc(C[C@@H](CO)NC(=O)CCCOc2cc(-c3cccnc3)nn2-c2ccc(Cl)c(Cl)c2)cc1. The molecule has 1 amide bonds. The van der Waals surface area contributed by atoms with Crippen molar-refractivity contribution in [3.8, 4) is 28.6 Å². The molecule has 0 saturated carbocycles. The van der Waals surface area contributed by atoms with Crippen LogP contribution in [0.4, 0.5) is 0 Å². The highest BCUT2D eigenvalue weighted by Crippen LogP contribution is 2.30. The van der Waals surface area contributed by atoms with E-state index < -0.39 is 6.04 Å². The first-order chi connectivity index (χ1) is 19.6. The second-order valence-electron chi connectivity index (χ2n) is 10.6. The van der Waals surface area contributed by atoms with Gasteiger partial charge in [0.05, 0.1) is 40.7 Å². The van der Waals surface area contributed by atoms with Gasteiger partial charge in [0, 0.05) is 30.4 Å². The second kappa shape index (κ2) is 13.9. The first-order valence-corrected chi connectivity index (χ1v) is 14.1. The van der Waals surface area contributed by atoms with Crippen molar-refractivity contribution in [3.63, 3.8) is 0 Å². The Kier molecular flexibility index (Phi) is 10.3. The molecule has 216 valence electrons. The zero-order chi connectivity index (χ0) is 29.4. The van der Waals surface area contributed by atoms with Crippen molar-refractivity contribution < 1.29 is 19.4 Å².